The second-order valence-electron chi connectivity index (χ2n) is 11.1. The Labute approximate surface area is 242 Å². The van der Waals surface area contributed by atoms with Gasteiger partial charge >= 0.3 is 0 Å². The summed E-state index contributed by atoms with van der Waals surface area (Å²) >= 11 is 7.28. The standard InChI is InChI=1S/C29H34ClF3N4O2S/c1-28(2,3)35-29(4)12-13-36(17-29)21-15-20(31)27(26(33)25(21)30)40-37(24-9-7-8-23(32)34-24)16-18-10-11-19(38-5)14-22(18)39-6/h7-11,14-15,35H,12-13,16-17H2,1-6H3. The molecule has 3 aromatic rings. The normalized spacial score (nSPS) is 17.3. The van der Waals surface area contributed by atoms with Crippen LogP contribution >= 0.6 is 23.5 Å². The first-order chi connectivity index (χ1) is 18.8. The average Bonchev–Trinajstić information content (AvgIpc) is 3.27. The monoisotopic (exact) mass is 594 g/mol. The highest BCUT2D eigenvalue weighted by atomic mass is 35.5. The molecule has 1 atom stereocenters. The molecular weight excluding hydrogens is 561 g/mol. The van der Waals surface area contributed by atoms with Gasteiger partial charge in [-0.1, -0.05) is 17.7 Å². The highest BCUT2D eigenvalue weighted by molar-refractivity contribution is 8.00. The molecule has 1 unspecified atom stereocenters. The van der Waals surface area contributed by atoms with Gasteiger partial charge in [0.2, 0.25) is 5.95 Å². The van der Waals surface area contributed by atoms with E-state index in [0.717, 1.165) is 18.4 Å². The maximum atomic E-state index is 15.8. The Morgan fingerprint density at radius 2 is 1.88 bits per heavy atom. The van der Waals surface area contributed by atoms with E-state index < -0.39 is 17.6 Å². The smallest absolute Gasteiger partial charge is 0.214 e. The first-order valence-electron chi connectivity index (χ1n) is 12.8. The quantitative estimate of drug-likeness (QED) is 0.159. The fourth-order valence-corrected chi connectivity index (χ4v) is 6.27. The zero-order chi connectivity index (χ0) is 29.2. The number of nitrogens with one attached hydrogen (secondary N) is 1. The van der Waals surface area contributed by atoms with Gasteiger partial charge in [0.15, 0.2) is 5.82 Å². The van der Waals surface area contributed by atoms with E-state index in [-0.39, 0.29) is 33.4 Å². The number of anilines is 2. The van der Waals surface area contributed by atoms with Crippen LogP contribution in [0.15, 0.2) is 47.4 Å². The highest BCUT2D eigenvalue weighted by Gasteiger charge is 2.38. The maximum absolute atomic E-state index is 15.8. The Morgan fingerprint density at radius 1 is 1.12 bits per heavy atom. The van der Waals surface area contributed by atoms with E-state index in [2.05, 4.69) is 38.0 Å². The van der Waals surface area contributed by atoms with Crippen molar-refractivity contribution in [3.05, 3.63) is 70.6 Å². The minimum Gasteiger partial charge on any atom is -0.497 e. The lowest BCUT2D eigenvalue weighted by Gasteiger charge is -2.35. The molecular formula is C29H34ClF3N4O2S. The van der Waals surface area contributed by atoms with Crippen LogP contribution in [-0.2, 0) is 6.54 Å². The molecule has 4 rings (SSSR count). The third kappa shape index (κ3) is 6.90. The average molecular weight is 595 g/mol. The third-order valence-electron chi connectivity index (χ3n) is 6.55. The molecule has 40 heavy (non-hydrogen) atoms. The van der Waals surface area contributed by atoms with Crippen LogP contribution in [-0.4, -0.2) is 43.4 Å². The van der Waals surface area contributed by atoms with Crippen molar-refractivity contribution in [1.82, 2.24) is 10.3 Å². The number of aromatic nitrogens is 1. The Balaban J connectivity index is 1.67. The second kappa shape index (κ2) is 12.0. The van der Waals surface area contributed by atoms with Crippen molar-refractivity contribution in [1.29, 1.82) is 0 Å². The second-order valence-corrected chi connectivity index (χ2v) is 12.5. The van der Waals surface area contributed by atoms with Crippen molar-refractivity contribution in [2.75, 3.05) is 36.5 Å². The van der Waals surface area contributed by atoms with Gasteiger partial charge in [-0.3, -0.25) is 4.31 Å². The number of methoxy groups -OCH3 is 2. The molecule has 0 spiro atoms. The lowest BCUT2D eigenvalue weighted by atomic mass is 9.96. The van der Waals surface area contributed by atoms with Crippen LogP contribution in [0.25, 0.3) is 0 Å². The SMILES string of the molecule is COc1ccc(CN(Sc2c(F)cc(N3CCC(C)(NC(C)(C)C)C3)c(Cl)c2F)c2cccc(F)n2)c(OC)c1. The van der Waals surface area contributed by atoms with Gasteiger partial charge in [-0.05, 0) is 70.3 Å². The molecule has 0 amide bonds. The number of hydrogen-bond acceptors (Lipinski definition) is 7. The Kier molecular flexibility index (Phi) is 9.02. The molecule has 1 aliphatic rings. The molecule has 0 aliphatic carbocycles. The van der Waals surface area contributed by atoms with Crippen molar-refractivity contribution in [3.63, 3.8) is 0 Å². The lowest BCUT2D eigenvalue weighted by molar-refractivity contribution is 0.283. The minimum absolute atomic E-state index is 0.0927. The first-order valence-corrected chi connectivity index (χ1v) is 14.0. The van der Waals surface area contributed by atoms with E-state index in [1.54, 1.807) is 24.3 Å². The number of nitrogens with zero attached hydrogens (tertiary/aromatic N) is 3. The van der Waals surface area contributed by atoms with Crippen LogP contribution in [0.5, 0.6) is 11.5 Å². The molecule has 216 valence electrons. The Hall–Kier alpha value is -2.82. The van der Waals surface area contributed by atoms with Crippen molar-refractivity contribution < 1.29 is 22.6 Å². The summed E-state index contributed by atoms with van der Waals surface area (Å²) in [6.07, 6.45) is 0.795. The molecule has 1 saturated heterocycles. The van der Waals surface area contributed by atoms with Gasteiger partial charge < -0.3 is 19.7 Å². The number of benzene rings is 2. The van der Waals surface area contributed by atoms with Crippen LogP contribution in [0.2, 0.25) is 5.02 Å². The highest BCUT2D eigenvalue weighted by Crippen LogP contribution is 2.42. The summed E-state index contributed by atoms with van der Waals surface area (Å²) in [7, 11) is 3.05. The van der Waals surface area contributed by atoms with Gasteiger partial charge in [0.05, 0.1) is 26.5 Å². The number of rotatable bonds is 9. The van der Waals surface area contributed by atoms with E-state index in [4.69, 9.17) is 21.1 Å². The molecule has 1 N–H and O–H groups in total. The predicted molar refractivity (Wildman–Crippen MR) is 155 cm³/mol. The lowest BCUT2D eigenvalue weighted by Crippen LogP contribution is -2.53. The summed E-state index contributed by atoms with van der Waals surface area (Å²) in [4.78, 5) is 5.52. The molecule has 1 aromatic heterocycles. The van der Waals surface area contributed by atoms with Crippen molar-refractivity contribution in [3.8, 4) is 11.5 Å². The van der Waals surface area contributed by atoms with Crippen LogP contribution in [0.1, 0.15) is 39.7 Å². The molecule has 0 radical (unpaired) electrons. The summed E-state index contributed by atoms with van der Waals surface area (Å²) in [5.74, 6) is -1.13. The van der Waals surface area contributed by atoms with Crippen molar-refractivity contribution in [2.24, 2.45) is 0 Å². The zero-order valence-corrected chi connectivity index (χ0v) is 25.0. The van der Waals surface area contributed by atoms with E-state index in [0.29, 0.717) is 35.8 Å². The van der Waals surface area contributed by atoms with Crippen LogP contribution in [0, 0.1) is 17.6 Å². The fourth-order valence-electron chi connectivity index (χ4n) is 5.00. The number of pyridine rings is 1. The van der Waals surface area contributed by atoms with Crippen molar-refractivity contribution in [2.45, 2.75) is 56.6 Å². The predicted octanol–water partition coefficient (Wildman–Crippen LogP) is 7.24. The molecule has 1 aliphatic heterocycles. The van der Waals surface area contributed by atoms with Crippen LogP contribution < -0.4 is 24.0 Å². The maximum Gasteiger partial charge on any atom is 0.214 e. The third-order valence-corrected chi connectivity index (χ3v) is 8.01. The molecule has 2 aromatic carbocycles. The van der Waals surface area contributed by atoms with Gasteiger partial charge in [-0.15, -0.1) is 0 Å². The summed E-state index contributed by atoms with van der Waals surface area (Å²) in [6.45, 7) is 9.59. The molecule has 6 nitrogen and oxygen atoms in total. The fraction of sp³-hybridized carbons (Fsp3) is 0.414. The molecule has 0 saturated carbocycles. The van der Waals surface area contributed by atoms with Gasteiger partial charge in [0.25, 0.3) is 0 Å². The van der Waals surface area contributed by atoms with E-state index in [1.165, 1.54) is 36.7 Å². The number of hydrogen-bond donors (Lipinski definition) is 1. The Bertz CT molecular complexity index is 1370. The summed E-state index contributed by atoms with van der Waals surface area (Å²) < 4.78 is 57.7. The summed E-state index contributed by atoms with van der Waals surface area (Å²) in [5.41, 5.74) is 0.618. The van der Waals surface area contributed by atoms with Gasteiger partial charge in [-0.2, -0.15) is 4.39 Å². The summed E-state index contributed by atoms with van der Waals surface area (Å²) in [5, 5.41) is 3.44. The van der Waals surface area contributed by atoms with Gasteiger partial charge in [-0.25, -0.2) is 13.8 Å². The van der Waals surface area contributed by atoms with Gasteiger partial charge in [0.1, 0.15) is 33.1 Å². The zero-order valence-electron chi connectivity index (χ0n) is 23.4. The van der Waals surface area contributed by atoms with Crippen molar-refractivity contribution >= 4 is 35.1 Å². The molecule has 2 heterocycles. The summed E-state index contributed by atoms with van der Waals surface area (Å²) in [6, 6.07) is 10.7. The van der Waals surface area contributed by atoms with E-state index >= 15 is 8.78 Å². The minimum atomic E-state index is -0.887. The van der Waals surface area contributed by atoms with E-state index in [1.807, 2.05) is 4.90 Å². The van der Waals surface area contributed by atoms with Gasteiger partial charge in [0, 0.05) is 41.9 Å². The Morgan fingerprint density at radius 3 is 2.52 bits per heavy atom. The largest absolute Gasteiger partial charge is 0.497 e. The molecule has 11 heteroatoms. The molecule has 0 bridgehead atoms. The van der Waals surface area contributed by atoms with E-state index in [9.17, 15) is 4.39 Å². The first kappa shape index (κ1) is 30.1. The number of ether oxygens (including phenoxy) is 2. The molecule has 1 fully saturated rings. The van der Waals surface area contributed by atoms with Crippen LogP contribution in [0.3, 0.4) is 0 Å². The topological polar surface area (TPSA) is 49.9 Å². The van der Waals surface area contributed by atoms with Crippen LogP contribution in [0.4, 0.5) is 24.7 Å². The number of halogens is 4.